The van der Waals surface area contributed by atoms with Crippen LogP contribution in [0.1, 0.15) is 42.5 Å². The number of nitrogens with one attached hydrogen (secondary N) is 1. The highest BCUT2D eigenvalue weighted by Crippen LogP contribution is 2.27. The lowest BCUT2D eigenvalue weighted by atomic mass is 10.0. The Bertz CT molecular complexity index is 408. The lowest BCUT2D eigenvalue weighted by molar-refractivity contribution is 0.0951. The number of rotatable bonds is 4. The average molecular weight is 311 g/mol. The summed E-state index contributed by atoms with van der Waals surface area (Å²) in [6.07, 6.45) is 6.43. The minimum absolute atomic E-state index is 0.0407. The first kappa shape index (κ1) is 13.4. The zero-order chi connectivity index (χ0) is 13.0. The fourth-order valence-corrected chi connectivity index (χ4v) is 3.05. The first-order valence-electron chi connectivity index (χ1n) is 6.49. The first-order valence-corrected chi connectivity index (χ1v) is 7.29. The number of hydrogen-bond donors (Lipinski definition) is 2. The van der Waals surface area contributed by atoms with Crippen LogP contribution in [0.15, 0.2) is 22.7 Å². The van der Waals surface area contributed by atoms with Crippen molar-refractivity contribution in [2.45, 2.75) is 32.1 Å². The van der Waals surface area contributed by atoms with Crippen LogP contribution in [0.2, 0.25) is 0 Å². The molecule has 1 aromatic rings. The van der Waals surface area contributed by atoms with E-state index in [4.69, 9.17) is 5.73 Å². The number of anilines is 1. The Labute approximate surface area is 116 Å². The molecule has 1 aromatic carbocycles. The van der Waals surface area contributed by atoms with Crippen LogP contribution in [-0.4, -0.2) is 12.5 Å². The third-order valence-electron chi connectivity index (χ3n) is 3.50. The third-order valence-corrected chi connectivity index (χ3v) is 3.95. The van der Waals surface area contributed by atoms with Gasteiger partial charge in [0.25, 0.3) is 5.91 Å². The molecule has 0 heterocycles. The maximum Gasteiger partial charge on any atom is 0.251 e. The van der Waals surface area contributed by atoms with E-state index in [1.54, 1.807) is 18.2 Å². The van der Waals surface area contributed by atoms with Crippen LogP contribution in [0.3, 0.4) is 0 Å². The largest absolute Gasteiger partial charge is 0.399 e. The molecule has 3 N–H and O–H groups in total. The molecule has 0 aromatic heterocycles. The van der Waals surface area contributed by atoms with Crippen LogP contribution < -0.4 is 11.1 Å². The monoisotopic (exact) mass is 310 g/mol. The molecular weight excluding hydrogens is 292 g/mol. The Morgan fingerprint density at radius 1 is 1.33 bits per heavy atom. The molecule has 0 spiro atoms. The van der Waals surface area contributed by atoms with E-state index in [-0.39, 0.29) is 5.91 Å². The zero-order valence-electron chi connectivity index (χ0n) is 10.4. The summed E-state index contributed by atoms with van der Waals surface area (Å²) in [5, 5.41) is 2.96. The molecule has 0 radical (unpaired) electrons. The van der Waals surface area contributed by atoms with Crippen LogP contribution in [0.25, 0.3) is 0 Å². The lowest BCUT2D eigenvalue weighted by Gasteiger charge is -2.10. The standard InChI is InChI=1S/C14H19BrN2O/c15-12-7-11(8-13(16)9-12)14(18)17-6-5-10-3-1-2-4-10/h7-10H,1-6,16H2,(H,17,18). The fraction of sp³-hybridized carbons (Fsp3) is 0.500. The highest BCUT2D eigenvalue weighted by atomic mass is 79.9. The summed E-state index contributed by atoms with van der Waals surface area (Å²) in [7, 11) is 0. The molecule has 0 unspecified atom stereocenters. The summed E-state index contributed by atoms with van der Waals surface area (Å²) in [5.74, 6) is 0.763. The van der Waals surface area contributed by atoms with E-state index in [0.29, 0.717) is 11.3 Å². The van der Waals surface area contributed by atoms with Gasteiger partial charge in [0.2, 0.25) is 0 Å². The van der Waals surface area contributed by atoms with E-state index in [2.05, 4.69) is 21.2 Å². The van der Waals surface area contributed by atoms with E-state index < -0.39 is 0 Å². The van der Waals surface area contributed by atoms with Crippen molar-refractivity contribution in [1.82, 2.24) is 5.32 Å². The van der Waals surface area contributed by atoms with E-state index >= 15 is 0 Å². The molecular formula is C14H19BrN2O. The van der Waals surface area contributed by atoms with E-state index in [0.717, 1.165) is 23.4 Å². The van der Waals surface area contributed by atoms with Crippen molar-refractivity contribution >= 4 is 27.5 Å². The second-order valence-electron chi connectivity index (χ2n) is 4.97. The van der Waals surface area contributed by atoms with Crippen molar-refractivity contribution < 1.29 is 4.79 Å². The minimum atomic E-state index is -0.0407. The van der Waals surface area contributed by atoms with Gasteiger partial charge in [0.05, 0.1) is 0 Å². The number of nitrogens with two attached hydrogens (primary N) is 1. The maximum absolute atomic E-state index is 11.9. The number of carbonyl (C=O) groups is 1. The molecule has 1 aliphatic carbocycles. The highest BCUT2D eigenvalue weighted by Gasteiger charge is 2.15. The second-order valence-corrected chi connectivity index (χ2v) is 5.88. The Kier molecular flexibility index (Phi) is 4.64. The summed E-state index contributed by atoms with van der Waals surface area (Å²) in [4.78, 5) is 11.9. The Morgan fingerprint density at radius 3 is 2.72 bits per heavy atom. The molecule has 18 heavy (non-hydrogen) atoms. The first-order chi connectivity index (χ1) is 8.65. The molecule has 0 atom stereocenters. The molecule has 98 valence electrons. The molecule has 1 saturated carbocycles. The van der Waals surface area contributed by atoms with Crippen molar-refractivity contribution in [3.05, 3.63) is 28.2 Å². The molecule has 2 rings (SSSR count). The molecule has 0 aliphatic heterocycles. The van der Waals surface area contributed by atoms with E-state index in [9.17, 15) is 4.79 Å². The number of halogens is 1. The van der Waals surface area contributed by atoms with Gasteiger partial charge in [-0.1, -0.05) is 41.6 Å². The molecule has 3 nitrogen and oxygen atoms in total. The Balaban J connectivity index is 1.83. The normalized spacial score (nSPS) is 15.8. The van der Waals surface area contributed by atoms with E-state index in [1.807, 2.05) is 0 Å². The number of amides is 1. The third kappa shape index (κ3) is 3.73. The zero-order valence-corrected chi connectivity index (χ0v) is 12.0. The Morgan fingerprint density at radius 2 is 2.06 bits per heavy atom. The second kappa shape index (κ2) is 6.23. The summed E-state index contributed by atoms with van der Waals surface area (Å²) in [5.41, 5.74) is 6.94. The van der Waals surface area contributed by atoms with Gasteiger partial charge in [0, 0.05) is 22.3 Å². The number of carbonyl (C=O) groups excluding carboxylic acids is 1. The Hall–Kier alpha value is -1.03. The summed E-state index contributed by atoms with van der Waals surface area (Å²) >= 11 is 3.34. The summed E-state index contributed by atoms with van der Waals surface area (Å²) < 4.78 is 0.837. The highest BCUT2D eigenvalue weighted by molar-refractivity contribution is 9.10. The van der Waals surface area contributed by atoms with Crippen molar-refractivity contribution in [2.24, 2.45) is 5.92 Å². The van der Waals surface area contributed by atoms with Crippen molar-refractivity contribution in [2.75, 3.05) is 12.3 Å². The van der Waals surface area contributed by atoms with Crippen molar-refractivity contribution in [3.63, 3.8) is 0 Å². The van der Waals surface area contributed by atoms with Gasteiger partial charge in [0.1, 0.15) is 0 Å². The number of benzene rings is 1. The average Bonchev–Trinajstić information content (AvgIpc) is 2.80. The van der Waals surface area contributed by atoms with Crippen LogP contribution >= 0.6 is 15.9 Å². The van der Waals surface area contributed by atoms with Crippen LogP contribution in [-0.2, 0) is 0 Å². The van der Waals surface area contributed by atoms with Crippen LogP contribution in [0, 0.1) is 5.92 Å². The van der Waals surface area contributed by atoms with Crippen LogP contribution in [0.4, 0.5) is 5.69 Å². The van der Waals surface area contributed by atoms with Gasteiger partial charge in [-0.15, -0.1) is 0 Å². The molecule has 4 heteroatoms. The fourth-order valence-electron chi connectivity index (χ4n) is 2.53. The van der Waals surface area contributed by atoms with Crippen molar-refractivity contribution in [1.29, 1.82) is 0 Å². The van der Waals surface area contributed by atoms with Crippen molar-refractivity contribution in [3.8, 4) is 0 Å². The topological polar surface area (TPSA) is 55.1 Å². The predicted octanol–water partition coefficient (Wildman–Crippen LogP) is 3.34. The van der Waals surface area contributed by atoms with Gasteiger partial charge in [0.15, 0.2) is 0 Å². The molecule has 1 amide bonds. The molecule has 0 bridgehead atoms. The summed E-state index contributed by atoms with van der Waals surface area (Å²) in [6, 6.07) is 5.28. The van der Waals surface area contributed by atoms with Gasteiger partial charge < -0.3 is 11.1 Å². The van der Waals surface area contributed by atoms with Gasteiger partial charge in [-0.3, -0.25) is 4.79 Å². The number of hydrogen-bond acceptors (Lipinski definition) is 2. The van der Waals surface area contributed by atoms with Gasteiger partial charge in [-0.05, 0) is 30.5 Å². The SMILES string of the molecule is Nc1cc(Br)cc(C(=O)NCCC2CCCC2)c1. The number of nitrogen functional groups attached to an aromatic ring is 1. The molecule has 1 fully saturated rings. The smallest absolute Gasteiger partial charge is 0.251 e. The van der Waals surface area contributed by atoms with Gasteiger partial charge in [-0.2, -0.15) is 0 Å². The quantitative estimate of drug-likeness (QED) is 0.838. The lowest BCUT2D eigenvalue weighted by Crippen LogP contribution is -2.25. The van der Waals surface area contributed by atoms with Gasteiger partial charge in [-0.25, -0.2) is 0 Å². The molecule has 0 saturated heterocycles. The maximum atomic E-state index is 11.9. The predicted molar refractivity (Wildman–Crippen MR) is 77.5 cm³/mol. The van der Waals surface area contributed by atoms with E-state index in [1.165, 1.54) is 25.7 Å². The summed E-state index contributed by atoms with van der Waals surface area (Å²) in [6.45, 7) is 0.760. The van der Waals surface area contributed by atoms with Crippen LogP contribution in [0.5, 0.6) is 0 Å². The molecule has 1 aliphatic rings. The minimum Gasteiger partial charge on any atom is -0.399 e. The van der Waals surface area contributed by atoms with Gasteiger partial charge >= 0.3 is 0 Å².